The maximum absolute atomic E-state index is 6.69. The largest absolute Gasteiger partial charge is 0.347 e. The second-order valence-electron chi connectivity index (χ2n) is 15.4. The van der Waals surface area contributed by atoms with E-state index >= 15 is 0 Å². The molecule has 1 aliphatic heterocycles. The fraction of sp³-hybridized carbons (Fsp3) is 1.00. The fourth-order valence-electron chi connectivity index (χ4n) is 10.6. The molecular formula is C33H59NO2. The Morgan fingerprint density at radius 2 is 1.64 bits per heavy atom. The minimum Gasteiger partial charge on any atom is -0.347 e. The van der Waals surface area contributed by atoms with Crippen LogP contribution < -0.4 is 0 Å². The second-order valence-corrected chi connectivity index (χ2v) is 15.4. The number of rotatable bonds is 8. The average Bonchev–Trinajstić information content (AvgIpc) is 3.38. The summed E-state index contributed by atoms with van der Waals surface area (Å²) < 4.78 is 13.2. The van der Waals surface area contributed by atoms with Crippen molar-refractivity contribution in [3.05, 3.63) is 0 Å². The first-order chi connectivity index (χ1) is 17.1. The van der Waals surface area contributed by atoms with E-state index in [-0.39, 0.29) is 5.79 Å². The third-order valence-electron chi connectivity index (χ3n) is 12.7. The molecule has 1 spiro atoms. The number of hydrogen-bond acceptors (Lipinski definition) is 3. The monoisotopic (exact) mass is 501 g/mol. The molecule has 0 N–H and O–H groups in total. The van der Waals surface area contributed by atoms with E-state index in [1.54, 1.807) is 0 Å². The summed E-state index contributed by atoms with van der Waals surface area (Å²) in [5.74, 6) is 6.16. The SMILES string of the molecule is CC(C)CCC[C@@H](C)[C@H]1CC[C@H]2[C@@H]3CCC4CC5(CC[C@]4(C)[C@H]3CC[C@]12C)OCC(CCN(C)C)O5. The molecule has 5 aliphatic rings. The molecule has 4 aliphatic carbocycles. The van der Waals surface area contributed by atoms with Gasteiger partial charge in [0.1, 0.15) is 0 Å². The third kappa shape index (κ3) is 4.97. The molecule has 0 bridgehead atoms. The molecule has 0 aromatic carbocycles. The molecule has 208 valence electrons. The van der Waals surface area contributed by atoms with Crippen LogP contribution in [0.3, 0.4) is 0 Å². The molecule has 0 radical (unpaired) electrons. The molecule has 3 heteroatoms. The molecule has 3 nitrogen and oxygen atoms in total. The molecule has 0 aromatic rings. The van der Waals surface area contributed by atoms with Crippen molar-refractivity contribution in [3.8, 4) is 0 Å². The Labute approximate surface area is 223 Å². The average molecular weight is 502 g/mol. The lowest BCUT2D eigenvalue weighted by atomic mass is 9.44. The van der Waals surface area contributed by atoms with E-state index in [4.69, 9.17) is 9.47 Å². The maximum atomic E-state index is 6.69. The highest BCUT2D eigenvalue weighted by Crippen LogP contribution is 2.69. The van der Waals surface area contributed by atoms with E-state index in [2.05, 4.69) is 53.6 Å². The van der Waals surface area contributed by atoms with Crippen LogP contribution >= 0.6 is 0 Å². The van der Waals surface area contributed by atoms with Crippen LogP contribution in [-0.2, 0) is 9.47 Å². The van der Waals surface area contributed by atoms with Gasteiger partial charge in [0.05, 0.1) is 12.7 Å². The van der Waals surface area contributed by atoms with Gasteiger partial charge in [-0.3, -0.25) is 0 Å². The first-order valence-electron chi connectivity index (χ1n) is 16.0. The lowest BCUT2D eigenvalue weighted by Crippen LogP contribution is -2.56. The van der Waals surface area contributed by atoms with Gasteiger partial charge < -0.3 is 14.4 Å². The molecule has 0 amide bonds. The first-order valence-corrected chi connectivity index (χ1v) is 16.0. The van der Waals surface area contributed by atoms with E-state index in [0.29, 0.717) is 16.9 Å². The van der Waals surface area contributed by atoms with Crippen LogP contribution in [0.4, 0.5) is 0 Å². The fourth-order valence-corrected chi connectivity index (χ4v) is 10.6. The van der Waals surface area contributed by atoms with Gasteiger partial charge in [-0.1, -0.05) is 53.9 Å². The molecule has 1 heterocycles. The van der Waals surface area contributed by atoms with Crippen molar-refractivity contribution in [1.29, 1.82) is 0 Å². The van der Waals surface area contributed by atoms with Crippen molar-refractivity contribution >= 4 is 0 Å². The zero-order chi connectivity index (χ0) is 25.7. The van der Waals surface area contributed by atoms with Crippen molar-refractivity contribution in [2.75, 3.05) is 27.2 Å². The number of nitrogens with zero attached hydrogens (tertiary/aromatic N) is 1. The minimum absolute atomic E-state index is 0.263. The molecule has 5 fully saturated rings. The van der Waals surface area contributed by atoms with Crippen molar-refractivity contribution in [1.82, 2.24) is 4.90 Å². The van der Waals surface area contributed by atoms with E-state index < -0.39 is 0 Å². The topological polar surface area (TPSA) is 21.7 Å². The Hall–Kier alpha value is -0.120. The van der Waals surface area contributed by atoms with Crippen molar-refractivity contribution < 1.29 is 9.47 Å². The zero-order valence-corrected chi connectivity index (χ0v) is 25.0. The van der Waals surface area contributed by atoms with Crippen LogP contribution in [0, 0.1) is 52.3 Å². The Balaban J connectivity index is 1.22. The molecule has 10 atom stereocenters. The molecule has 5 rings (SSSR count). The summed E-state index contributed by atoms with van der Waals surface area (Å²) >= 11 is 0. The van der Waals surface area contributed by atoms with Crippen molar-refractivity contribution in [2.45, 2.75) is 130 Å². The van der Waals surface area contributed by atoms with Gasteiger partial charge in [-0.05, 0) is 118 Å². The van der Waals surface area contributed by atoms with Gasteiger partial charge in [-0.15, -0.1) is 0 Å². The minimum atomic E-state index is -0.263. The lowest BCUT2D eigenvalue weighted by Gasteiger charge is -2.62. The summed E-state index contributed by atoms with van der Waals surface area (Å²) in [6.45, 7) is 14.7. The quantitative estimate of drug-likeness (QED) is 0.335. The van der Waals surface area contributed by atoms with Crippen LogP contribution in [0.2, 0.25) is 0 Å². The highest BCUT2D eigenvalue weighted by atomic mass is 16.7. The summed E-state index contributed by atoms with van der Waals surface area (Å²) in [5, 5.41) is 0. The second kappa shape index (κ2) is 10.5. The predicted octanol–water partition coefficient (Wildman–Crippen LogP) is 8.17. The van der Waals surface area contributed by atoms with Gasteiger partial charge in [0.2, 0.25) is 0 Å². The van der Waals surface area contributed by atoms with E-state index in [0.717, 1.165) is 73.8 Å². The summed E-state index contributed by atoms with van der Waals surface area (Å²) in [6.07, 6.45) is 18.2. The van der Waals surface area contributed by atoms with Gasteiger partial charge in [0.25, 0.3) is 0 Å². The van der Waals surface area contributed by atoms with Gasteiger partial charge >= 0.3 is 0 Å². The number of fused-ring (bicyclic) bond motifs is 5. The Morgan fingerprint density at radius 1 is 0.861 bits per heavy atom. The zero-order valence-electron chi connectivity index (χ0n) is 25.0. The van der Waals surface area contributed by atoms with Crippen LogP contribution in [0.25, 0.3) is 0 Å². The van der Waals surface area contributed by atoms with Crippen LogP contribution in [-0.4, -0.2) is 44.0 Å². The molecule has 36 heavy (non-hydrogen) atoms. The smallest absolute Gasteiger partial charge is 0.169 e. The van der Waals surface area contributed by atoms with Crippen molar-refractivity contribution in [3.63, 3.8) is 0 Å². The highest BCUT2D eigenvalue weighted by Gasteiger charge is 2.62. The van der Waals surface area contributed by atoms with E-state index in [9.17, 15) is 0 Å². The predicted molar refractivity (Wildman–Crippen MR) is 150 cm³/mol. The van der Waals surface area contributed by atoms with E-state index in [1.807, 2.05) is 0 Å². The first kappa shape index (κ1) is 27.4. The summed E-state index contributed by atoms with van der Waals surface area (Å²) in [4.78, 5) is 2.27. The Kier molecular flexibility index (Phi) is 7.97. The van der Waals surface area contributed by atoms with Gasteiger partial charge in [0.15, 0.2) is 5.79 Å². The Bertz CT molecular complexity index is 752. The van der Waals surface area contributed by atoms with Crippen LogP contribution in [0.5, 0.6) is 0 Å². The highest BCUT2D eigenvalue weighted by molar-refractivity contribution is 5.10. The lowest BCUT2D eigenvalue weighted by molar-refractivity contribution is -0.236. The third-order valence-corrected chi connectivity index (χ3v) is 12.7. The molecule has 0 aromatic heterocycles. The van der Waals surface area contributed by atoms with E-state index in [1.165, 1.54) is 64.2 Å². The number of hydrogen-bond donors (Lipinski definition) is 0. The maximum Gasteiger partial charge on any atom is 0.169 e. The van der Waals surface area contributed by atoms with Gasteiger partial charge in [0, 0.05) is 19.4 Å². The summed E-state index contributed by atoms with van der Waals surface area (Å²) in [5.41, 5.74) is 1.11. The molecule has 1 saturated heterocycles. The van der Waals surface area contributed by atoms with Crippen molar-refractivity contribution in [2.24, 2.45) is 52.3 Å². The molecular weight excluding hydrogens is 442 g/mol. The number of ether oxygens (including phenoxy) is 2. The molecule has 3 unspecified atom stereocenters. The standard InChI is InChI=1S/C33H59NO2/c1-23(2)9-8-10-24(3)28-13-14-29-27-12-11-25-21-33(35-22-26(36-33)16-20-34(6)7)19-18-31(25,4)30(27)15-17-32(28,29)5/h23-30H,8-22H2,1-7H3/t24-,25?,26?,27+,28-,29+,30+,31+,32-,33?/m1/s1. The van der Waals surface area contributed by atoms with Gasteiger partial charge in [-0.2, -0.15) is 0 Å². The van der Waals surface area contributed by atoms with Gasteiger partial charge in [-0.25, -0.2) is 0 Å². The molecule has 4 saturated carbocycles. The normalized spacial score (nSPS) is 47.2. The summed E-state index contributed by atoms with van der Waals surface area (Å²) in [7, 11) is 4.32. The Morgan fingerprint density at radius 3 is 2.39 bits per heavy atom. The van der Waals surface area contributed by atoms with Crippen LogP contribution in [0.1, 0.15) is 118 Å². The summed E-state index contributed by atoms with van der Waals surface area (Å²) in [6, 6.07) is 0. The van der Waals surface area contributed by atoms with Crippen LogP contribution in [0.15, 0.2) is 0 Å².